The zero-order valence-corrected chi connectivity index (χ0v) is 13.1. The summed E-state index contributed by atoms with van der Waals surface area (Å²) in [5.41, 5.74) is 3.99. The normalized spacial score (nSPS) is 14.4. The molecule has 0 atom stereocenters. The van der Waals surface area contributed by atoms with Crippen molar-refractivity contribution in [2.24, 2.45) is 0 Å². The number of aromatic nitrogens is 2. The molecule has 0 bridgehead atoms. The SMILES string of the molecule is CCCNCc1cc(Cn2cnc3c2CCCC3)c(C)o1. The van der Waals surface area contributed by atoms with Crippen LogP contribution in [0.25, 0.3) is 0 Å². The van der Waals surface area contributed by atoms with Crippen molar-refractivity contribution in [2.45, 2.75) is 59.0 Å². The molecule has 0 saturated carbocycles. The Hall–Kier alpha value is -1.55. The lowest BCUT2D eigenvalue weighted by Crippen LogP contribution is -2.13. The van der Waals surface area contributed by atoms with Crippen LogP contribution >= 0.6 is 0 Å². The standard InChI is InChI=1S/C17H25N3O/c1-3-8-18-10-15-9-14(13(2)21-15)11-20-12-19-16-6-4-5-7-17(16)20/h9,12,18H,3-8,10-11H2,1-2H3. The van der Waals surface area contributed by atoms with Gasteiger partial charge in [-0.05, 0) is 51.6 Å². The summed E-state index contributed by atoms with van der Waals surface area (Å²) in [7, 11) is 0. The van der Waals surface area contributed by atoms with Gasteiger partial charge < -0.3 is 14.3 Å². The zero-order chi connectivity index (χ0) is 14.7. The minimum atomic E-state index is 0.816. The monoisotopic (exact) mass is 287 g/mol. The molecule has 0 aromatic carbocycles. The maximum Gasteiger partial charge on any atom is 0.118 e. The molecule has 2 aromatic rings. The van der Waals surface area contributed by atoms with Crippen molar-refractivity contribution in [2.75, 3.05) is 6.54 Å². The molecule has 1 N–H and O–H groups in total. The third kappa shape index (κ3) is 3.21. The molecule has 3 rings (SSSR count). The molecular weight excluding hydrogens is 262 g/mol. The molecule has 4 heteroatoms. The molecule has 0 unspecified atom stereocenters. The molecule has 0 fully saturated rings. The first-order valence-corrected chi connectivity index (χ1v) is 8.09. The summed E-state index contributed by atoms with van der Waals surface area (Å²) in [5, 5.41) is 3.39. The lowest BCUT2D eigenvalue weighted by Gasteiger charge is -2.13. The number of fused-ring (bicyclic) bond motifs is 1. The summed E-state index contributed by atoms with van der Waals surface area (Å²) in [5.74, 6) is 2.06. The van der Waals surface area contributed by atoms with Crippen LogP contribution in [0.5, 0.6) is 0 Å². The number of nitrogens with zero attached hydrogens (tertiary/aromatic N) is 2. The lowest BCUT2D eigenvalue weighted by molar-refractivity contribution is 0.459. The van der Waals surface area contributed by atoms with E-state index in [2.05, 4.69) is 34.8 Å². The van der Waals surface area contributed by atoms with Crippen LogP contribution in [0, 0.1) is 6.92 Å². The predicted molar refractivity (Wildman–Crippen MR) is 83.4 cm³/mol. The maximum atomic E-state index is 5.86. The van der Waals surface area contributed by atoms with Crippen LogP contribution in [-0.2, 0) is 25.9 Å². The van der Waals surface area contributed by atoms with E-state index in [0.29, 0.717) is 0 Å². The second kappa shape index (κ2) is 6.48. The summed E-state index contributed by atoms with van der Waals surface area (Å²) >= 11 is 0. The van der Waals surface area contributed by atoms with Gasteiger partial charge >= 0.3 is 0 Å². The van der Waals surface area contributed by atoms with Gasteiger partial charge in [-0.25, -0.2) is 4.98 Å². The van der Waals surface area contributed by atoms with Crippen molar-refractivity contribution >= 4 is 0 Å². The first kappa shape index (κ1) is 14.4. The Bertz CT molecular complexity index is 597. The predicted octanol–water partition coefficient (Wildman–Crippen LogP) is 3.21. The summed E-state index contributed by atoms with van der Waals surface area (Å²) < 4.78 is 8.16. The molecule has 0 amide bonds. The van der Waals surface area contributed by atoms with Gasteiger partial charge in [0.05, 0.1) is 25.1 Å². The van der Waals surface area contributed by atoms with E-state index in [-0.39, 0.29) is 0 Å². The fraction of sp³-hybridized carbons (Fsp3) is 0.588. The Morgan fingerprint density at radius 3 is 3.05 bits per heavy atom. The Labute approximate surface area is 126 Å². The highest BCUT2D eigenvalue weighted by Crippen LogP contribution is 2.22. The van der Waals surface area contributed by atoms with Crippen molar-refractivity contribution in [1.29, 1.82) is 0 Å². The molecule has 2 aromatic heterocycles. The lowest BCUT2D eigenvalue weighted by atomic mass is 10.0. The Balaban J connectivity index is 1.71. The summed E-state index contributed by atoms with van der Waals surface area (Å²) in [6, 6.07) is 2.19. The number of rotatable bonds is 6. The van der Waals surface area contributed by atoms with Crippen LogP contribution in [0.3, 0.4) is 0 Å². The van der Waals surface area contributed by atoms with Crippen LogP contribution < -0.4 is 5.32 Å². The third-order valence-electron chi connectivity index (χ3n) is 4.25. The van der Waals surface area contributed by atoms with Crippen molar-refractivity contribution in [3.63, 3.8) is 0 Å². The van der Waals surface area contributed by atoms with Gasteiger partial charge in [0.1, 0.15) is 11.5 Å². The molecule has 2 heterocycles. The second-order valence-electron chi connectivity index (χ2n) is 5.94. The van der Waals surface area contributed by atoms with Crippen LogP contribution in [0.2, 0.25) is 0 Å². The van der Waals surface area contributed by atoms with Gasteiger partial charge in [0, 0.05) is 11.3 Å². The highest BCUT2D eigenvalue weighted by Gasteiger charge is 2.16. The summed E-state index contributed by atoms with van der Waals surface area (Å²) in [6.07, 6.45) is 8.01. The Morgan fingerprint density at radius 2 is 2.19 bits per heavy atom. The minimum absolute atomic E-state index is 0.816. The minimum Gasteiger partial charge on any atom is -0.465 e. The van der Waals surface area contributed by atoms with Gasteiger partial charge in [-0.15, -0.1) is 0 Å². The van der Waals surface area contributed by atoms with Gasteiger partial charge in [-0.1, -0.05) is 6.92 Å². The molecule has 1 aliphatic rings. The molecule has 0 spiro atoms. The van der Waals surface area contributed by atoms with Gasteiger partial charge in [0.15, 0.2) is 0 Å². The number of furan rings is 1. The van der Waals surface area contributed by atoms with Crippen LogP contribution in [0.15, 0.2) is 16.8 Å². The fourth-order valence-electron chi connectivity index (χ4n) is 3.07. The summed E-state index contributed by atoms with van der Waals surface area (Å²) in [6.45, 7) is 6.96. The van der Waals surface area contributed by atoms with E-state index in [9.17, 15) is 0 Å². The maximum absolute atomic E-state index is 5.86. The quantitative estimate of drug-likeness (QED) is 0.830. The molecule has 0 aliphatic heterocycles. The molecule has 1 aliphatic carbocycles. The van der Waals surface area contributed by atoms with Gasteiger partial charge in [-0.2, -0.15) is 0 Å². The van der Waals surface area contributed by atoms with Crippen molar-refractivity contribution in [1.82, 2.24) is 14.9 Å². The number of nitrogens with one attached hydrogen (secondary N) is 1. The molecule has 21 heavy (non-hydrogen) atoms. The number of hydrogen-bond acceptors (Lipinski definition) is 3. The van der Waals surface area contributed by atoms with Crippen molar-refractivity contribution in [3.8, 4) is 0 Å². The van der Waals surface area contributed by atoms with E-state index in [4.69, 9.17) is 4.42 Å². The van der Waals surface area contributed by atoms with Crippen molar-refractivity contribution < 1.29 is 4.42 Å². The van der Waals surface area contributed by atoms with Crippen LogP contribution in [0.4, 0.5) is 0 Å². The van der Waals surface area contributed by atoms with Crippen LogP contribution in [-0.4, -0.2) is 16.1 Å². The Kier molecular flexibility index (Phi) is 4.44. The number of aryl methyl sites for hydroxylation is 2. The third-order valence-corrected chi connectivity index (χ3v) is 4.25. The first-order chi connectivity index (χ1) is 10.3. The molecule has 4 nitrogen and oxygen atoms in total. The number of imidazole rings is 1. The highest BCUT2D eigenvalue weighted by molar-refractivity contribution is 5.24. The average Bonchev–Trinajstić information content (AvgIpc) is 3.05. The van der Waals surface area contributed by atoms with Crippen molar-refractivity contribution in [3.05, 3.63) is 40.9 Å². The smallest absolute Gasteiger partial charge is 0.118 e. The van der Waals surface area contributed by atoms with E-state index in [1.54, 1.807) is 0 Å². The molecule has 0 radical (unpaired) electrons. The Morgan fingerprint density at radius 1 is 1.33 bits per heavy atom. The number of hydrogen-bond donors (Lipinski definition) is 1. The molecule has 0 saturated heterocycles. The highest BCUT2D eigenvalue weighted by atomic mass is 16.3. The zero-order valence-electron chi connectivity index (χ0n) is 13.1. The molecule has 114 valence electrons. The topological polar surface area (TPSA) is 43.0 Å². The van der Waals surface area contributed by atoms with E-state index in [1.807, 2.05) is 6.33 Å². The second-order valence-corrected chi connectivity index (χ2v) is 5.94. The van der Waals surface area contributed by atoms with Gasteiger partial charge in [0.25, 0.3) is 0 Å². The van der Waals surface area contributed by atoms with E-state index < -0.39 is 0 Å². The van der Waals surface area contributed by atoms with Crippen LogP contribution in [0.1, 0.15) is 54.7 Å². The molecular formula is C17H25N3O. The van der Waals surface area contributed by atoms with Gasteiger partial charge in [-0.3, -0.25) is 0 Å². The van der Waals surface area contributed by atoms with E-state index in [0.717, 1.165) is 50.4 Å². The van der Waals surface area contributed by atoms with E-state index in [1.165, 1.54) is 29.8 Å². The fourth-order valence-corrected chi connectivity index (χ4v) is 3.07. The summed E-state index contributed by atoms with van der Waals surface area (Å²) in [4.78, 5) is 4.57. The average molecular weight is 287 g/mol. The van der Waals surface area contributed by atoms with E-state index >= 15 is 0 Å². The first-order valence-electron chi connectivity index (χ1n) is 8.09. The van der Waals surface area contributed by atoms with Gasteiger partial charge in [0.2, 0.25) is 0 Å². The largest absolute Gasteiger partial charge is 0.465 e.